The van der Waals surface area contributed by atoms with Gasteiger partial charge >= 0.3 is 11.9 Å². The van der Waals surface area contributed by atoms with E-state index in [0.717, 1.165) is 105 Å². The maximum atomic E-state index is 13.9. The summed E-state index contributed by atoms with van der Waals surface area (Å²) in [5.74, 6) is -17.7. The number of fused-ring (bicyclic) bond motifs is 12. The molecule has 0 saturated carbocycles. The Bertz CT molecular complexity index is 5320. The van der Waals surface area contributed by atoms with E-state index in [4.69, 9.17) is 56.4 Å². The van der Waals surface area contributed by atoms with E-state index < -0.39 is 265 Å². The number of hydrogen-bond donors (Lipinski definition) is 21. The first-order chi connectivity index (χ1) is 58.2. The van der Waals surface area contributed by atoms with Gasteiger partial charge < -0.3 is 141 Å². The second kappa shape index (κ2) is 37.2. The standard InChI is InChI=1S/C83H88Cl2N8O29/c1-33(2)10-8-6-4-5-7-9-11-56(99)88-65-68(102)70(104)73(81(114)115)122-82(65)121-72-53-26-38-27-54(72)118-50-21-16-37(24-45(50)84)66(100)64-79(111)92-63(80(112)113)43-28-39(95)29-52(119-83-71(105)69(103)67(101)55(32-94)120-83)57(43)42-23-35(14-19-47(42)96)60(76(108)93-64)89-77(109)61(38)90-78(110)62-44-30-41(31-49(98)58(44)85)117-51-25-36(15-20-48(51)97)59(86-3)75(107)87-46(74(106)91-62)22-34-12-17-40(116-53)18-13-34/h12-21,23-31,33,46,55,59-71,73,82-83,86,94-98,100-105H,4-11,22,32H2,1-3H3,(H,87,107)(H,88,99)(H,89,109)(H,90,110)(H,91,106)(H,92,111)(H,93,108)(H,112,113)(H,114,115)/t46-,55-,59?,60-,61-,62+,63+,64+,65-,66-,67-,68-,69+,70+,71+,73+,82-,83+/m1/s1. The molecule has 0 aliphatic carbocycles. The first-order valence-corrected chi connectivity index (χ1v) is 39.4. The van der Waals surface area contributed by atoms with E-state index in [9.17, 15) is 112 Å². The fraction of sp³-hybridized carbons (Fsp3) is 0.386. The van der Waals surface area contributed by atoms with Crippen LogP contribution >= 0.6 is 23.2 Å². The van der Waals surface area contributed by atoms with Crippen LogP contribution in [0.5, 0.6) is 69.0 Å². The third-order valence-electron chi connectivity index (χ3n) is 21.2. The van der Waals surface area contributed by atoms with E-state index in [2.05, 4.69) is 54.1 Å². The van der Waals surface area contributed by atoms with Crippen molar-refractivity contribution in [2.45, 2.75) is 181 Å². The van der Waals surface area contributed by atoms with E-state index in [1.54, 1.807) is 0 Å². The highest BCUT2D eigenvalue weighted by atomic mass is 35.5. The first kappa shape index (κ1) is 88.0. The average Bonchev–Trinajstić information content (AvgIpc) is 0.760. The Labute approximate surface area is 703 Å². The van der Waals surface area contributed by atoms with Crippen LogP contribution in [0.1, 0.15) is 140 Å². The number of phenols is 4. The lowest BCUT2D eigenvalue weighted by molar-refractivity contribution is -0.277. The van der Waals surface area contributed by atoms with E-state index in [1.165, 1.54) is 49.5 Å². The molecule has 39 heteroatoms. The number of rotatable bonds is 18. The molecule has 0 aromatic heterocycles. The lowest BCUT2D eigenvalue weighted by Crippen LogP contribution is -2.60. The molecule has 648 valence electrons. The summed E-state index contributed by atoms with van der Waals surface area (Å²) in [4.78, 5) is 58.0. The molecule has 2 fully saturated rings. The van der Waals surface area contributed by atoms with Crippen molar-refractivity contribution in [3.8, 4) is 80.1 Å². The lowest BCUT2D eigenvalue weighted by Gasteiger charge is -2.39. The highest BCUT2D eigenvalue weighted by molar-refractivity contribution is 6.33. The molecule has 17 bridgehead atoms. The summed E-state index contributed by atoms with van der Waals surface area (Å²) >= 11 is 14.2. The molecule has 0 amide bonds. The van der Waals surface area contributed by atoms with Gasteiger partial charge in [-0.3, -0.25) is 0 Å². The van der Waals surface area contributed by atoms with Crippen LogP contribution in [0.25, 0.3) is 11.1 Å². The second-order valence-corrected chi connectivity index (χ2v) is 31.0. The van der Waals surface area contributed by atoms with Gasteiger partial charge in [-0.25, -0.2) is 44.5 Å². The number of hydrogen-bond acceptors (Lipinski definition) is 28. The number of unbranched alkanes of at least 4 members (excludes halogenated alkanes) is 5. The molecule has 1 unspecified atom stereocenters. The number of aliphatic carboxylic acids is 2. The molecule has 122 heavy (non-hydrogen) atoms. The van der Waals surface area contributed by atoms with Gasteiger partial charge in [0.2, 0.25) is 53.7 Å². The van der Waals surface area contributed by atoms with Crippen molar-refractivity contribution < 1.29 is 145 Å². The predicted molar refractivity (Wildman–Crippen MR) is 437 cm³/mol. The molecular weight excluding hydrogens is 1640 g/mol. The maximum Gasteiger partial charge on any atom is 0.335 e. The minimum Gasteiger partial charge on any atom is -0.508 e. The van der Waals surface area contributed by atoms with Crippen LogP contribution in [0.4, 0.5) is 0 Å². The normalized spacial score (nSPS) is 26.7. The number of carboxylic acids is 2. The van der Waals surface area contributed by atoms with Crippen LogP contribution in [-0.4, -0.2) is 242 Å². The van der Waals surface area contributed by atoms with Gasteiger partial charge in [-0.1, -0.05) is 106 Å². The van der Waals surface area contributed by atoms with Crippen molar-refractivity contribution in [1.82, 2.24) is 5.32 Å². The van der Waals surface area contributed by atoms with Gasteiger partial charge in [-0.2, -0.15) is 0 Å². The second-order valence-electron chi connectivity index (χ2n) is 30.2. The molecule has 0 spiro atoms. The number of nitrogens with one attached hydrogen (secondary N) is 1. The first-order valence-electron chi connectivity index (χ1n) is 38.6. The molecule has 8 aliphatic heterocycles. The minimum absolute atomic E-state index is 0.0866. The number of carboxylic acid groups (broad SMARTS) is 2. The van der Waals surface area contributed by atoms with Crippen molar-refractivity contribution in [3.05, 3.63) is 164 Å². The van der Waals surface area contributed by atoms with Gasteiger partial charge in [0, 0.05) is 47.2 Å². The predicted octanol–water partition coefficient (Wildman–Crippen LogP) is 10.1. The highest BCUT2D eigenvalue weighted by Gasteiger charge is 2.51. The summed E-state index contributed by atoms with van der Waals surface area (Å²) in [5.41, 5.74) is -3.04. The largest absolute Gasteiger partial charge is 0.508 e. The summed E-state index contributed by atoms with van der Waals surface area (Å²) < 4.78 is 44.1. The third-order valence-corrected chi connectivity index (χ3v) is 21.9. The van der Waals surface area contributed by atoms with E-state index in [0.29, 0.717) is 24.3 Å². The summed E-state index contributed by atoms with van der Waals surface area (Å²) in [6, 6.07) is 5.00. The molecule has 8 heterocycles. The number of benzene rings is 7. The Morgan fingerprint density at radius 3 is 1.86 bits per heavy atom. The Kier molecular flexibility index (Phi) is 26.8. The Balaban J connectivity index is 1.09. The zero-order valence-corrected chi connectivity index (χ0v) is 66.5. The fourth-order valence-electron chi connectivity index (χ4n) is 14.8. The number of likely N-dealkylation sites (N-methyl/N-ethyl adjacent to an activating group) is 1. The van der Waals surface area contributed by atoms with Crippen molar-refractivity contribution in [2.24, 2.45) is 40.9 Å². The monoisotopic (exact) mass is 1730 g/mol. The Morgan fingerprint density at radius 2 is 1.17 bits per heavy atom. The van der Waals surface area contributed by atoms with Gasteiger partial charge in [-0.15, -0.1) is 0 Å². The van der Waals surface area contributed by atoms with Crippen LogP contribution < -0.4 is 29.0 Å². The van der Waals surface area contributed by atoms with Gasteiger partial charge in [-0.05, 0) is 120 Å². The lowest BCUT2D eigenvalue weighted by atomic mass is 9.90. The van der Waals surface area contributed by atoms with Crippen molar-refractivity contribution >= 4 is 76.4 Å². The number of halogens is 2. The molecule has 0 radical (unpaired) electrons. The van der Waals surface area contributed by atoms with Crippen molar-refractivity contribution in [2.75, 3.05) is 13.7 Å². The number of aliphatic hydroxyl groups is 14. The van der Waals surface area contributed by atoms with Crippen LogP contribution in [-0.2, 0) is 25.5 Å². The molecule has 21 N–H and O–H groups in total. The molecule has 7 aromatic rings. The van der Waals surface area contributed by atoms with Crippen molar-refractivity contribution in [3.63, 3.8) is 0 Å². The molecule has 18 atom stereocenters. The summed E-state index contributed by atoms with van der Waals surface area (Å²) in [6.07, 6.45) is -16.0. The van der Waals surface area contributed by atoms with Crippen LogP contribution in [0.3, 0.4) is 0 Å². The minimum atomic E-state index is -2.49. The average molecular weight is 1730 g/mol. The molecular formula is C83H88Cl2N8O29. The number of aliphatic hydroxyl groups excluding tert-OH is 14. The summed E-state index contributed by atoms with van der Waals surface area (Å²) in [5, 5.41) is 239. The molecule has 8 aliphatic rings. The Morgan fingerprint density at radius 1 is 0.533 bits per heavy atom. The van der Waals surface area contributed by atoms with E-state index >= 15 is 0 Å². The number of nitrogens with zero attached hydrogens (tertiary/aromatic N) is 7. The van der Waals surface area contributed by atoms with Crippen LogP contribution in [0.15, 0.2) is 150 Å². The van der Waals surface area contributed by atoms with E-state index in [1.807, 2.05) is 0 Å². The maximum absolute atomic E-state index is 13.9. The molecule has 2 saturated heterocycles. The SMILES string of the molecule is CNC1C(O)=N[C@@H]2Cc3ccc(cc3)Oc3cc4cc(c3O[C@@H]3O[C@H](C(=O)O)[C@@H](O)[C@H](O)[C@H]3N=C(O)CCCCCCCCC(C)C)Oc3ccc(cc3Cl)[C@@H](O)[C@@H]3N=C(O)[C@H](N=C(O)[C@@H]4N=C(O)[C@@H](N=C2O)c2cc(cc(O)c2Cl)Oc2cc1ccc2O)c1ccc(O)c(c1)-c1c(O[C@H]2O[C@H](CO)[C@@H](O)[C@H](O)[C@@H]2O)cc(O)cc1[C@@H](C(=O)O)N=C3O. The molecule has 15 rings (SSSR count). The smallest absolute Gasteiger partial charge is 0.335 e. The van der Waals surface area contributed by atoms with Crippen LogP contribution in [0, 0.1) is 5.92 Å². The fourth-order valence-corrected chi connectivity index (χ4v) is 15.3. The number of ether oxygens (including phenoxy) is 7. The summed E-state index contributed by atoms with van der Waals surface area (Å²) in [7, 11) is 1.46. The van der Waals surface area contributed by atoms with E-state index in [-0.39, 0.29) is 41.2 Å². The van der Waals surface area contributed by atoms with Crippen LogP contribution in [0.2, 0.25) is 10.0 Å². The van der Waals surface area contributed by atoms with Gasteiger partial charge in [0.05, 0.1) is 16.7 Å². The Hall–Kier alpha value is -11.9. The number of carbonyl (C=O) groups is 2. The highest BCUT2D eigenvalue weighted by Crippen LogP contribution is 2.52. The van der Waals surface area contributed by atoms with Gasteiger partial charge in [0.1, 0.15) is 101 Å². The molecule has 7 aromatic carbocycles. The third kappa shape index (κ3) is 18.9. The number of phenolic OH excluding ortho intramolecular Hbond substituents is 4. The van der Waals surface area contributed by atoms with Crippen molar-refractivity contribution in [1.29, 1.82) is 0 Å². The van der Waals surface area contributed by atoms with Gasteiger partial charge in [0.25, 0.3) is 0 Å². The molecule has 37 nitrogen and oxygen atoms in total. The van der Waals surface area contributed by atoms with Gasteiger partial charge in [0.15, 0.2) is 65.2 Å². The summed E-state index contributed by atoms with van der Waals surface area (Å²) in [6.45, 7) is 3.29. The topological polar surface area (TPSA) is 602 Å². The quantitative estimate of drug-likeness (QED) is 0.0216. The zero-order chi connectivity index (χ0) is 87.6. The number of aliphatic imine (C=N–C) groups is 7. The number of aromatic hydroxyl groups is 4. The zero-order valence-electron chi connectivity index (χ0n) is 65.0.